The van der Waals surface area contributed by atoms with Crippen LogP contribution >= 0.6 is 0 Å². The van der Waals surface area contributed by atoms with E-state index in [9.17, 15) is 9.59 Å². The molecule has 1 rings (SSSR count). The van der Waals surface area contributed by atoms with Crippen molar-refractivity contribution in [1.82, 2.24) is 4.90 Å². The van der Waals surface area contributed by atoms with Crippen LogP contribution in [0.2, 0.25) is 0 Å². The molecule has 0 aliphatic carbocycles. The molecule has 21 heavy (non-hydrogen) atoms. The Morgan fingerprint density at radius 2 is 1.90 bits per heavy atom. The Kier molecular flexibility index (Phi) is 7.01. The number of carbonyl (C=O) groups excluding carboxylic acids is 1. The molecule has 0 aliphatic heterocycles. The standard InChI is InChI=1S/C16H21NO4/c1-3-11-17(12-16(19)20)15(18)10-7-13-5-8-14(9-6-13)21-4-2/h5-10H,3-4,11-12H2,1-2H3,(H,19,20)/b10-7+. The van der Waals surface area contributed by atoms with Crippen molar-refractivity contribution < 1.29 is 19.4 Å². The summed E-state index contributed by atoms with van der Waals surface area (Å²) in [7, 11) is 0. The summed E-state index contributed by atoms with van der Waals surface area (Å²) >= 11 is 0. The number of rotatable bonds is 8. The SMILES string of the molecule is CCCN(CC(=O)O)C(=O)/C=C/c1ccc(OCC)cc1. The molecule has 0 aliphatic rings. The first-order chi connectivity index (χ1) is 10.1. The Hall–Kier alpha value is -2.30. The van der Waals surface area contributed by atoms with E-state index in [1.807, 2.05) is 38.1 Å². The van der Waals surface area contributed by atoms with Crippen LogP contribution in [-0.2, 0) is 9.59 Å². The number of carboxylic acid groups (broad SMARTS) is 1. The molecule has 0 spiro atoms. The minimum atomic E-state index is -1.01. The minimum Gasteiger partial charge on any atom is -0.494 e. The van der Waals surface area contributed by atoms with Crippen LogP contribution in [0.4, 0.5) is 0 Å². The first kappa shape index (κ1) is 16.8. The van der Waals surface area contributed by atoms with E-state index in [1.165, 1.54) is 11.0 Å². The quantitative estimate of drug-likeness (QED) is 0.747. The van der Waals surface area contributed by atoms with Crippen molar-refractivity contribution in [3.63, 3.8) is 0 Å². The van der Waals surface area contributed by atoms with Crippen molar-refractivity contribution in [2.45, 2.75) is 20.3 Å². The molecule has 1 aromatic rings. The highest BCUT2D eigenvalue weighted by molar-refractivity contribution is 5.93. The Morgan fingerprint density at radius 1 is 1.24 bits per heavy atom. The lowest BCUT2D eigenvalue weighted by molar-refractivity contribution is -0.142. The summed E-state index contributed by atoms with van der Waals surface area (Å²) in [4.78, 5) is 24.0. The Labute approximate surface area is 124 Å². The third kappa shape index (κ3) is 6.12. The zero-order valence-electron chi connectivity index (χ0n) is 12.4. The first-order valence-electron chi connectivity index (χ1n) is 6.98. The van der Waals surface area contributed by atoms with E-state index in [2.05, 4.69) is 0 Å². The fraction of sp³-hybridized carbons (Fsp3) is 0.375. The molecule has 1 aromatic carbocycles. The number of carbonyl (C=O) groups is 2. The molecule has 0 atom stereocenters. The maximum atomic E-state index is 12.0. The van der Waals surface area contributed by atoms with Gasteiger partial charge in [0.1, 0.15) is 12.3 Å². The lowest BCUT2D eigenvalue weighted by Gasteiger charge is -2.17. The Bertz CT molecular complexity index is 494. The van der Waals surface area contributed by atoms with Gasteiger partial charge in [-0.25, -0.2) is 0 Å². The van der Waals surface area contributed by atoms with Gasteiger partial charge in [0, 0.05) is 12.6 Å². The average molecular weight is 291 g/mol. The molecule has 0 bridgehead atoms. The zero-order chi connectivity index (χ0) is 15.7. The van der Waals surface area contributed by atoms with Crippen LogP contribution in [0, 0.1) is 0 Å². The summed E-state index contributed by atoms with van der Waals surface area (Å²) < 4.78 is 5.34. The van der Waals surface area contributed by atoms with Gasteiger partial charge in [0.05, 0.1) is 6.61 Å². The van der Waals surface area contributed by atoms with E-state index >= 15 is 0 Å². The van der Waals surface area contributed by atoms with Gasteiger partial charge < -0.3 is 14.7 Å². The molecule has 0 saturated carbocycles. The van der Waals surface area contributed by atoms with Gasteiger partial charge in [-0.05, 0) is 37.1 Å². The van der Waals surface area contributed by atoms with Gasteiger partial charge in [0.15, 0.2) is 0 Å². The van der Waals surface area contributed by atoms with Crippen LogP contribution in [0.5, 0.6) is 5.75 Å². The van der Waals surface area contributed by atoms with Crippen LogP contribution in [0.1, 0.15) is 25.8 Å². The lowest BCUT2D eigenvalue weighted by atomic mass is 10.2. The van der Waals surface area contributed by atoms with E-state index in [0.717, 1.165) is 17.7 Å². The second-order valence-corrected chi connectivity index (χ2v) is 4.49. The molecule has 0 fully saturated rings. The normalized spacial score (nSPS) is 10.6. The van der Waals surface area contributed by atoms with Crippen LogP contribution in [0.15, 0.2) is 30.3 Å². The summed E-state index contributed by atoms with van der Waals surface area (Å²) in [5.41, 5.74) is 0.860. The third-order valence-corrected chi connectivity index (χ3v) is 2.74. The molecule has 5 nitrogen and oxygen atoms in total. The van der Waals surface area contributed by atoms with Crippen LogP contribution in [0.25, 0.3) is 6.08 Å². The highest BCUT2D eigenvalue weighted by atomic mass is 16.5. The summed E-state index contributed by atoms with van der Waals surface area (Å²) in [5.74, 6) is -0.529. The van der Waals surface area contributed by atoms with Crippen molar-refractivity contribution >= 4 is 18.0 Å². The van der Waals surface area contributed by atoms with Gasteiger partial charge >= 0.3 is 5.97 Å². The molecule has 0 radical (unpaired) electrons. The highest BCUT2D eigenvalue weighted by Crippen LogP contribution is 2.13. The average Bonchev–Trinajstić information content (AvgIpc) is 2.45. The number of carboxylic acids is 1. The first-order valence-corrected chi connectivity index (χ1v) is 6.98. The summed E-state index contributed by atoms with van der Waals surface area (Å²) in [5, 5.41) is 8.79. The Morgan fingerprint density at radius 3 is 2.43 bits per heavy atom. The summed E-state index contributed by atoms with van der Waals surface area (Å²) in [6, 6.07) is 7.34. The van der Waals surface area contributed by atoms with Gasteiger partial charge in [-0.1, -0.05) is 19.1 Å². The molecule has 1 amide bonds. The molecule has 1 N–H and O–H groups in total. The Balaban J connectivity index is 2.68. The van der Waals surface area contributed by atoms with Crippen molar-refractivity contribution in [2.75, 3.05) is 19.7 Å². The van der Waals surface area contributed by atoms with E-state index in [0.29, 0.717) is 13.2 Å². The number of aliphatic carboxylic acids is 1. The third-order valence-electron chi connectivity index (χ3n) is 2.74. The molecule has 0 saturated heterocycles. The van der Waals surface area contributed by atoms with Gasteiger partial charge in [0.2, 0.25) is 5.91 Å². The number of nitrogens with zero attached hydrogens (tertiary/aromatic N) is 1. The van der Waals surface area contributed by atoms with Crippen LogP contribution in [0.3, 0.4) is 0 Å². The molecule has 114 valence electrons. The molecule has 0 aromatic heterocycles. The predicted molar refractivity (Wildman–Crippen MR) is 81.2 cm³/mol. The summed E-state index contributed by atoms with van der Waals surface area (Å²) in [6.45, 7) is 4.57. The molecule has 5 heteroatoms. The van der Waals surface area contributed by atoms with E-state index < -0.39 is 5.97 Å². The number of benzene rings is 1. The number of hydrogen-bond acceptors (Lipinski definition) is 3. The molecular weight excluding hydrogens is 270 g/mol. The highest BCUT2D eigenvalue weighted by Gasteiger charge is 2.12. The van der Waals surface area contributed by atoms with Gasteiger partial charge in [-0.15, -0.1) is 0 Å². The monoisotopic (exact) mass is 291 g/mol. The number of amides is 1. The van der Waals surface area contributed by atoms with Crippen LogP contribution < -0.4 is 4.74 Å². The van der Waals surface area contributed by atoms with Crippen molar-refractivity contribution in [3.05, 3.63) is 35.9 Å². The smallest absolute Gasteiger partial charge is 0.323 e. The summed E-state index contributed by atoms with van der Waals surface area (Å²) in [6.07, 6.45) is 3.78. The van der Waals surface area contributed by atoms with Crippen molar-refractivity contribution in [3.8, 4) is 5.75 Å². The second-order valence-electron chi connectivity index (χ2n) is 4.49. The van der Waals surface area contributed by atoms with E-state index in [4.69, 9.17) is 9.84 Å². The molecule has 0 heterocycles. The molecule has 0 unspecified atom stereocenters. The molecular formula is C16H21NO4. The predicted octanol–water partition coefficient (Wildman–Crippen LogP) is 2.42. The number of hydrogen-bond donors (Lipinski definition) is 1. The topological polar surface area (TPSA) is 66.8 Å². The fourth-order valence-electron chi connectivity index (χ4n) is 1.82. The van der Waals surface area contributed by atoms with Gasteiger partial charge in [0.25, 0.3) is 0 Å². The van der Waals surface area contributed by atoms with E-state index in [1.54, 1.807) is 6.08 Å². The maximum absolute atomic E-state index is 12.0. The van der Waals surface area contributed by atoms with Crippen molar-refractivity contribution in [1.29, 1.82) is 0 Å². The second kappa shape index (κ2) is 8.79. The largest absolute Gasteiger partial charge is 0.494 e. The van der Waals surface area contributed by atoms with Gasteiger partial charge in [-0.2, -0.15) is 0 Å². The zero-order valence-corrected chi connectivity index (χ0v) is 12.4. The minimum absolute atomic E-state index is 0.277. The van der Waals surface area contributed by atoms with Gasteiger partial charge in [-0.3, -0.25) is 9.59 Å². The number of ether oxygens (including phenoxy) is 1. The fourth-order valence-corrected chi connectivity index (χ4v) is 1.82. The lowest BCUT2D eigenvalue weighted by Crippen LogP contribution is -2.35. The maximum Gasteiger partial charge on any atom is 0.323 e. The van der Waals surface area contributed by atoms with Crippen molar-refractivity contribution in [2.24, 2.45) is 0 Å². The van der Waals surface area contributed by atoms with E-state index in [-0.39, 0.29) is 12.5 Å². The van der Waals surface area contributed by atoms with Crippen LogP contribution in [-0.4, -0.2) is 41.6 Å².